The average Bonchev–Trinajstić information content (AvgIpc) is 2.41. The molecular weight excluding hydrogens is 210 g/mol. The molecule has 94 valence electrons. The van der Waals surface area contributed by atoms with Crippen molar-refractivity contribution in [2.75, 3.05) is 13.1 Å². The maximum Gasteiger partial charge on any atom is 0.0673 e. The summed E-state index contributed by atoms with van der Waals surface area (Å²) in [4.78, 5) is 7.02. The zero-order valence-electron chi connectivity index (χ0n) is 10.7. The van der Waals surface area contributed by atoms with Crippen molar-refractivity contribution in [3.8, 4) is 0 Å². The van der Waals surface area contributed by atoms with E-state index in [2.05, 4.69) is 28.9 Å². The molecule has 2 N–H and O–H groups in total. The van der Waals surface area contributed by atoms with Crippen LogP contribution in [0.5, 0.6) is 0 Å². The summed E-state index contributed by atoms with van der Waals surface area (Å²) >= 11 is 0. The lowest BCUT2D eigenvalue weighted by Gasteiger charge is -2.37. The van der Waals surface area contributed by atoms with Crippen molar-refractivity contribution in [2.45, 2.75) is 44.7 Å². The molecule has 2 heterocycles. The first-order valence-corrected chi connectivity index (χ1v) is 6.73. The molecular formula is C14H23N3. The Morgan fingerprint density at radius 3 is 2.65 bits per heavy atom. The Kier molecular flexibility index (Phi) is 4.51. The van der Waals surface area contributed by atoms with E-state index in [9.17, 15) is 0 Å². The van der Waals surface area contributed by atoms with Gasteiger partial charge in [-0.05, 0) is 44.5 Å². The second-order valence-electron chi connectivity index (χ2n) is 4.87. The maximum atomic E-state index is 6.30. The van der Waals surface area contributed by atoms with Crippen molar-refractivity contribution in [3.05, 3.63) is 30.1 Å². The van der Waals surface area contributed by atoms with Crippen molar-refractivity contribution in [1.82, 2.24) is 9.88 Å². The smallest absolute Gasteiger partial charge is 0.0673 e. The summed E-state index contributed by atoms with van der Waals surface area (Å²) in [6.45, 7) is 4.48. The molecule has 0 amide bonds. The predicted octanol–water partition coefficient (Wildman–Crippen LogP) is 2.35. The van der Waals surface area contributed by atoms with Crippen LogP contribution >= 0.6 is 0 Å². The molecule has 0 aromatic carbocycles. The number of aromatic nitrogens is 1. The van der Waals surface area contributed by atoms with Crippen LogP contribution in [-0.4, -0.2) is 29.0 Å². The lowest BCUT2D eigenvalue weighted by Crippen LogP contribution is -2.43. The summed E-state index contributed by atoms with van der Waals surface area (Å²) in [6, 6.07) is 6.61. The van der Waals surface area contributed by atoms with Crippen LogP contribution in [0, 0.1) is 0 Å². The largest absolute Gasteiger partial charge is 0.326 e. The zero-order chi connectivity index (χ0) is 12.1. The Bertz CT molecular complexity index is 319. The Morgan fingerprint density at radius 2 is 2.06 bits per heavy atom. The highest BCUT2D eigenvalue weighted by atomic mass is 15.2. The highest BCUT2D eigenvalue weighted by molar-refractivity contribution is 5.11. The van der Waals surface area contributed by atoms with Gasteiger partial charge in [0.25, 0.3) is 0 Å². The molecule has 0 spiro atoms. The van der Waals surface area contributed by atoms with Gasteiger partial charge in [-0.3, -0.25) is 9.88 Å². The Morgan fingerprint density at radius 1 is 1.29 bits per heavy atom. The minimum absolute atomic E-state index is 0.183. The fourth-order valence-corrected chi connectivity index (χ4v) is 2.65. The molecule has 1 aliphatic rings. The van der Waals surface area contributed by atoms with E-state index in [0.29, 0.717) is 6.04 Å². The lowest BCUT2D eigenvalue weighted by atomic mass is 9.98. The predicted molar refractivity (Wildman–Crippen MR) is 70.7 cm³/mol. The van der Waals surface area contributed by atoms with Gasteiger partial charge >= 0.3 is 0 Å². The van der Waals surface area contributed by atoms with Crippen molar-refractivity contribution >= 4 is 0 Å². The number of hydrogen-bond acceptors (Lipinski definition) is 3. The molecule has 17 heavy (non-hydrogen) atoms. The first-order valence-electron chi connectivity index (χ1n) is 6.73. The molecule has 1 aromatic rings. The van der Waals surface area contributed by atoms with Crippen molar-refractivity contribution in [1.29, 1.82) is 0 Å². The number of nitrogens with zero attached hydrogens (tertiary/aromatic N) is 2. The van der Waals surface area contributed by atoms with Crippen LogP contribution in [0.15, 0.2) is 24.4 Å². The van der Waals surface area contributed by atoms with Crippen molar-refractivity contribution < 1.29 is 0 Å². The highest BCUT2D eigenvalue weighted by Gasteiger charge is 2.27. The van der Waals surface area contributed by atoms with Gasteiger partial charge in [0.15, 0.2) is 0 Å². The summed E-state index contributed by atoms with van der Waals surface area (Å²) in [6.07, 6.45) is 6.80. The van der Waals surface area contributed by atoms with Gasteiger partial charge < -0.3 is 5.73 Å². The van der Waals surface area contributed by atoms with Crippen LogP contribution in [0.4, 0.5) is 0 Å². The molecule has 0 saturated carbocycles. The van der Waals surface area contributed by atoms with E-state index < -0.39 is 0 Å². The van der Waals surface area contributed by atoms with E-state index in [1.165, 1.54) is 19.3 Å². The van der Waals surface area contributed by atoms with Crippen molar-refractivity contribution in [2.24, 2.45) is 5.73 Å². The molecule has 1 saturated heterocycles. The van der Waals surface area contributed by atoms with E-state index in [-0.39, 0.29) is 6.04 Å². The highest BCUT2D eigenvalue weighted by Crippen LogP contribution is 2.26. The summed E-state index contributed by atoms with van der Waals surface area (Å²) < 4.78 is 0. The summed E-state index contributed by atoms with van der Waals surface area (Å²) in [5.41, 5.74) is 7.43. The third kappa shape index (κ3) is 3.05. The zero-order valence-corrected chi connectivity index (χ0v) is 10.7. The number of likely N-dealkylation sites (tertiary alicyclic amines) is 1. The van der Waals surface area contributed by atoms with E-state index >= 15 is 0 Å². The van der Waals surface area contributed by atoms with Gasteiger partial charge in [0.1, 0.15) is 0 Å². The minimum atomic E-state index is 0.183. The third-order valence-corrected chi connectivity index (χ3v) is 3.65. The molecule has 0 radical (unpaired) electrons. The van der Waals surface area contributed by atoms with Crippen LogP contribution in [0.25, 0.3) is 0 Å². The molecule has 3 heteroatoms. The van der Waals surface area contributed by atoms with E-state index in [1.807, 2.05) is 12.3 Å². The first kappa shape index (κ1) is 12.5. The fraction of sp³-hybridized carbons (Fsp3) is 0.643. The number of hydrogen-bond donors (Lipinski definition) is 1. The molecule has 1 aliphatic heterocycles. The second kappa shape index (κ2) is 6.12. The lowest BCUT2D eigenvalue weighted by molar-refractivity contribution is 0.137. The summed E-state index contributed by atoms with van der Waals surface area (Å²) in [5, 5.41) is 0. The Labute approximate surface area is 104 Å². The number of piperidine rings is 1. The SMILES string of the molecule is CCC(N)C(c1ccccn1)N1CCCCC1. The Balaban J connectivity index is 2.18. The number of pyridine rings is 1. The maximum absolute atomic E-state index is 6.30. The first-order chi connectivity index (χ1) is 8.33. The molecule has 2 rings (SSSR count). The summed E-state index contributed by atoms with van der Waals surface area (Å²) in [5.74, 6) is 0. The van der Waals surface area contributed by atoms with Gasteiger partial charge in [-0.15, -0.1) is 0 Å². The van der Waals surface area contributed by atoms with Gasteiger partial charge in [0, 0.05) is 12.2 Å². The molecule has 1 fully saturated rings. The number of rotatable bonds is 4. The van der Waals surface area contributed by atoms with E-state index in [1.54, 1.807) is 0 Å². The van der Waals surface area contributed by atoms with Crippen molar-refractivity contribution in [3.63, 3.8) is 0 Å². The number of nitrogens with two attached hydrogens (primary N) is 1. The Hall–Kier alpha value is -0.930. The van der Waals surface area contributed by atoms with Gasteiger partial charge in [0.2, 0.25) is 0 Å². The summed E-state index contributed by atoms with van der Waals surface area (Å²) in [7, 11) is 0. The normalized spacial score (nSPS) is 21.1. The second-order valence-corrected chi connectivity index (χ2v) is 4.87. The van der Waals surface area contributed by atoms with Gasteiger partial charge in [0.05, 0.1) is 11.7 Å². The van der Waals surface area contributed by atoms with Crippen LogP contribution in [0.1, 0.15) is 44.3 Å². The quantitative estimate of drug-likeness (QED) is 0.868. The molecule has 0 bridgehead atoms. The van der Waals surface area contributed by atoms with Gasteiger partial charge in [-0.1, -0.05) is 19.4 Å². The van der Waals surface area contributed by atoms with Crippen LogP contribution in [0.2, 0.25) is 0 Å². The van der Waals surface area contributed by atoms with Crippen LogP contribution in [0.3, 0.4) is 0 Å². The monoisotopic (exact) mass is 233 g/mol. The third-order valence-electron chi connectivity index (χ3n) is 3.65. The topological polar surface area (TPSA) is 42.1 Å². The molecule has 1 aromatic heterocycles. The van der Waals surface area contributed by atoms with E-state index in [0.717, 1.165) is 25.2 Å². The van der Waals surface area contributed by atoms with E-state index in [4.69, 9.17) is 5.73 Å². The molecule has 3 nitrogen and oxygen atoms in total. The fourth-order valence-electron chi connectivity index (χ4n) is 2.65. The standard InChI is InChI=1S/C14H23N3/c1-2-12(15)14(13-8-4-5-9-16-13)17-10-6-3-7-11-17/h4-5,8-9,12,14H,2-3,6-7,10-11,15H2,1H3. The van der Waals surface area contributed by atoms with Gasteiger partial charge in [-0.2, -0.15) is 0 Å². The molecule has 2 unspecified atom stereocenters. The molecule has 2 atom stereocenters. The minimum Gasteiger partial charge on any atom is -0.326 e. The van der Waals surface area contributed by atoms with Crippen LogP contribution in [-0.2, 0) is 0 Å². The van der Waals surface area contributed by atoms with Gasteiger partial charge in [-0.25, -0.2) is 0 Å². The average molecular weight is 233 g/mol. The molecule has 0 aliphatic carbocycles. The van der Waals surface area contributed by atoms with Crippen LogP contribution < -0.4 is 5.73 Å².